The zero-order valence-electron chi connectivity index (χ0n) is 19.9. The van der Waals surface area contributed by atoms with Gasteiger partial charge in [0, 0.05) is 19.6 Å². The van der Waals surface area contributed by atoms with E-state index in [1.165, 1.54) is 24.2 Å². The molecule has 2 unspecified atom stereocenters. The van der Waals surface area contributed by atoms with Crippen LogP contribution in [0.25, 0.3) is 5.57 Å². The first kappa shape index (κ1) is 23.5. The summed E-state index contributed by atoms with van der Waals surface area (Å²) in [6.45, 7) is 12.1. The van der Waals surface area contributed by atoms with Crippen LogP contribution in [0.5, 0.6) is 0 Å². The minimum absolute atomic E-state index is 0.0205. The molecule has 0 N–H and O–H groups in total. The van der Waals surface area contributed by atoms with E-state index in [9.17, 15) is 9.59 Å². The lowest BCUT2D eigenvalue weighted by Crippen LogP contribution is -2.47. The van der Waals surface area contributed by atoms with Crippen molar-refractivity contribution in [1.29, 1.82) is 0 Å². The number of aryl methyl sites for hydroxylation is 2. The van der Waals surface area contributed by atoms with E-state index in [0.29, 0.717) is 30.9 Å². The molecule has 0 aromatic heterocycles. The SMILES string of the molecule is CCCCCCCCN1C(=O)C(c2ccc(C)cc2C)=C(N2CC(C)OC(C)C2)C1=O. The summed E-state index contributed by atoms with van der Waals surface area (Å²) < 4.78 is 5.88. The van der Waals surface area contributed by atoms with Crippen molar-refractivity contribution in [3.8, 4) is 0 Å². The molecule has 2 aliphatic rings. The summed E-state index contributed by atoms with van der Waals surface area (Å²) in [6.07, 6.45) is 6.80. The quantitative estimate of drug-likeness (QED) is 0.418. The molecule has 2 aliphatic heterocycles. The van der Waals surface area contributed by atoms with Crippen LogP contribution in [0.3, 0.4) is 0 Å². The first-order valence-electron chi connectivity index (χ1n) is 11.9. The van der Waals surface area contributed by atoms with Crippen molar-refractivity contribution in [3.63, 3.8) is 0 Å². The molecule has 1 aromatic carbocycles. The second-order valence-electron chi connectivity index (χ2n) is 9.23. The smallest absolute Gasteiger partial charge is 0.277 e. The summed E-state index contributed by atoms with van der Waals surface area (Å²) in [6, 6.07) is 6.09. The van der Waals surface area contributed by atoms with Gasteiger partial charge in [0.15, 0.2) is 0 Å². The van der Waals surface area contributed by atoms with E-state index in [1.54, 1.807) is 0 Å². The van der Waals surface area contributed by atoms with Crippen molar-refractivity contribution in [2.45, 2.75) is 85.4 Å². The number of benzene rings is 1. The maximum absolute atomic E-state index is 13.5. The van der Waals surface area contributed by atoms with Gasteiger partial charge >= 0.3 is 0 Å². The standard InChI is InChI=1S/C26H38N2O3/c1-6-7-8-9-10-11-14-28-25(29)23(22-13-12-18(2)15-19(22)3)24(26(28)30)27-16-20(4)31-21(5)17-27/h12-13,15,20-21H,6-11,14,16-17H2,1-5H3. The fourth-order valence-electron chi connectivity index (χ4n) is 4.81. The van der Waals surface area contributed by atoms with Gasteiger partial charge in [-0.15, -0.1) is 0 Å². The Morgan fingerprint density at radius 2 is 1.58 bits per heavy atom. The first-order chi connectivity index (χ1) is 14.8. The zero-order chi connectivity index (χ0) is 22.5. The molecule has 0 saturated carbocycles. The lowest BCUT2D eigenvalue weighted by Gasteiger charge is -2.37. The highest BCUT2D eigenvalue weighted by atomic mass is 16.5. The number of amides is 2. The van der Waals surface area contributed by atoms with Crippen LogP contribution in [0.15, 0.2) is 23.9 Å². The first-order valence-corrected chi connectivity index (χ1v) is 11.9. The van der Waals surface area contributed by atoms with Crippen LogP contribution >= 0.6 is 0 Å². The molecule has 31 heavy (non-hydrogen) atoms. The van der Waals surface area contributed by atoms with Crippen molar-refractivity contribution >= 4 is 17.4 Å². The fourth-order valence-corrected chi connectivity index (χ4v) is 4.81. The minimum atomic E-state index is -0.146. The van der Waals surface area contributed by atoms with E-state index in [-0.39, 0.29) is 24.0 Å². The molecule has 5 nitrogen and oxygen atoms in total. The van der Waals surface area contributed by atoms with Gasteiger partial charge in [-0.25, -0.2) is 0 Å². The Hall–Kier alpha value is -2.14. The molecule has 2 amide bonds. The van der Waals surface area contributed by atoms with E-state index in [0.717, 1.165) is 36.0 Å². The number of hydrogen-bond donors (Lipinski definition) is 0. The van der Waals surface area contributed by atoms with Gasteiger partial charge in [-0.3, -0.25) is 14.5 Å². The highest BCUT2D eigenvalue weighted by Crippen LogP contribution is 2.35. The molecular weight excluding hydrogens is 388 g/mol. The lowest BCUT2D eigenvalue weighted by molar-refractivity contribution is -0.138. The number of ether oxygens (including phenoxy) is 1. The number of carbonyl (C=O) groups excluding carboxylic acids is 2. The van der Waals surface area contributed by atoms with Gasteiger partial charge in [0.05, 0.1) is 17.8 Å². The lowest BCUT2D eigenvalue weighted by atomic mass is 9.97. The van der Waals surface area contributed by atoms with E-state index in [1.807, 2.05) is 39.8 Å². The van der Waals surface area contributed by atoms with Gasteiger partial charge in [0.2, 0.25) is 0 Å². The topological polar surface area (TPSA) is 49.9 Å². The predicted octanol–water partition coefficient (Wildman–Crippen LogP) is 4.85. The second kappa shape index (κ2) is 10.4. The minimum Gasteiger partial charge on any atom is -0.372 e. The van der Waals surface area contributed by atoms with E-state index >= 15 is 0 Å². The summed E-state index contributed by atoms with van der Waals surface area (Å²) in [5.41, 5.74) is 4.18. The molecule has 1 saturated heterocycles. The molecule has 1 fully saturated rings. The van der Waals surface area contributed by atoms with Gasteiger partial charge in [0.25, 0.3) is 11.8 Å². The van der Waals surface area contributed by atoms with Crippen molar-refractivity contribution in [2.24, 2.45) is 0 Å². The number of morpholine rings is 1. The molecule has 2 heterocycles. The number of hydrogen-bond acceptors (Lipinski definition) is 4. The number of nitrogens with zero attached hydrogens (tertiary/aromatic N) is 2. The largest absolute Gasteiger partial charge is 0.372 e. The highest BCUT2D eigenvalue weighted by molar-refractivity contribution is 6.35. The van der Waals surface area contributed by atoms with Gasteiger partial charge in [-0.2, -0.15) is 0 Å². The Kier molecular flexibility index (Phi) is 7.93. The van der Waals surface area contributed by atoms with Gasteiger partial charge in [-0.05, 0) is 45.2 Å². The van der Waals surface area contributed by atoms with Crippen LogP contribution in [0, 0.1) is 13.8 Å². The summed E-state index contributed by atoms with van der Waals surface area (Å²) in [4.78, 5) is 30.6. The van der Waals surface area contributed by atoms with Gasteiger partial charge < -0.3 is 9.64 Å². The molecule has 5 heteroatoms. The second-order valence-corrected chi connectivity index (χ2v) is 9.23. The third-order valence-electron chi connectivity index (χ3n) is 6.27. The normalized spacial score (nSPS) is 22.1. The molecule has 0 aliphatic carbocycles. The zero-order valence-corrected chi connectivity index (χ0v) is 19.9. The molecule has 3 rings (SSSR count). The Morgan fingerprint density at radius 3 is 2.23 bits per heavy atom. The maximum Gasteiger partial charge on any atom is 0.277 e. The number of imide groups is 1. The summed E-state index contributed by atoms with van der Waals surface area (Å²) in [5, 5.41) is 0. The van der Waals surface area contributed by atoms with E-state index in [4.69, 9.17) is 4.74 Å². The van der Waals surface area contributed by atoms with Crippen LogP contribution in [0.2, 0.25) is 0 Å². The molecule has 0 spiro atoms. The average molecular weight is 427 g/mol. The van der Waals surface area contributed by atoms with Crippen molar-refractivity contribution in [1.82, 2.24) is 9.80 Å². The van der Waals surface area contributed by atoms with Crippen LogP contribution in [0.1, 0.15) is 76.0 Å². The molecular formula is C26H38N2O3. The van der Waals surface area contributed by atoms with Crippen LogP contribution in [-0.2, 0) is 14.3 Å². The Bertz CT molecular complexity index is 835. The Balaban J connectivity index is 1.88. The number of carbonyl (C=O) groups is 2. The third kappa shape index (κ3) is 5.38. The molecule has 1 aromatic rings. The monoisotopic (exact) mass is 426 g/mol. The number of rotatable bonds is 9. The van der Waals surface area contributed by atoms with Gasteiger partial charge in [-0.1, -0.05) is 62.8 Å². The molecule has 0 bridgehead atoms. The highest BCUT2D eigenvalue weighted by Gasteiger charge is 2.43. The molecule has 170 valence electrons. The summed E-state index contributed by atoms with van der Waals surface area (Å²) in [7, 11) is 0. The fraction of sp³-hybridized carbons (Fsp3) is 0.615. The number of unbranched alkanes of at least 4 members (excludes halogenated alkanes) is 5. The maximum atomic E-state index is 13.5. The predicted molar refractivity (Wildman–Crippen MR) is 125 cm³/mol. The molecule has 0 radical (unpaired) electrons. The Morgan fingerprint density at radius 1 is 0.935 bits per heavy atom. The van der Waals surface area contributed by atoms with Crippen LogP contribution in [-0.4, -0.2) is 53.5 Å². The van der Waals surface area contributed by atoms with E-state index in [2.05, 4.69) is 17.9 Å². The van der Waals surface area contributed by atoms with Gasteiger partial charge in [0.1, 0.15) is 5.70 Å². The summed E-state index contributed by atoms with van der Waals surface area (Å²) in [5.74, 6) is -0.290. The molecule has 2 atom stereocenters. The van der Waals surface area contributed by atoms with Crippen molar-refractivity contribution in [3.05, 3.63) is 40.6 Å². The van der Waals surface area contributed by atoms with Crippen molar-refractivity contribution < 1.29 is 14.3 Å². The van der Waals surface area contributed by atoms with E-state index < -0.39 is 0 Å². The van der Waals surface area contributed by atoms with Crippen LogP contribution in [0.4, 0.5) is 0 Å². The third-order valence-corrected chi connectivity index (χ3v) is 6.27. The summed E-state index contributed by atoms with van der Waals surface area (Å²) >= 11 is 0. The Labute approximate surface area is 187 Å². The average Bonchev–Trinajstić information content (AvgIpc) is 2.94. The van der Waals surface area contributed by atoms with Crippen LogP contribution < -0.4 is 0 Å². The van der Waals surface area contributed by atoms with Crippen molar-refractivity contribution in [2.75, 3.05) is 19.6 Å².